The van der Waals surface area contributed by atoms with Gasteiger partial charge in [-0.1, -0.05) is 27.8 Å². The van der Waals surface area contributed by atoms with Gasteiger partial charge in [-0.3, -0.25) is 0 Å². The van der Waals surface area contributed by atoms with E-state index in [1.807, 2.05) is 24.3 Å². The molecule has 1 aromatic rings. The van der Waals surface area contributed by atoms with Crippen molar-refractivity contribution in [3.63, 3.8) is 0 Å². The van der Waals surface area contributed by atoms with Gasteiger partial charge >= 0.3 is 0 Å². The second-order valence-electron chi connectivity index (χ2n) is 2.90. The summed E-state index contributed by atoms with van der Waals surface area (Å²) < 4.78 is 1.03. The van der Waals surface area contributed by atoms with Gasteiger partial charge in [-0.05, 0) is 30.7 Å². The number of benzene rings is 1. The lowest BCUT2D eigenvalue weighted by atomic mass is 10.2. The first-order valence-corrected chi connectivity index (χ1v) is 5.15. The molecule has 3 N–H and O–H groups in total. The van der Waals surface area contributed by atoms with Crippen LogP contribution in [0.3, 0.4) is 0 Å². The summed E-state index contributed by atoms with van der Waals surface area (Å²) in [5, 5.41) is 8.62. The topological polar surface area (TPSA) is 46.2 Å². The standard InChI is InChI=1S/C11H12BrNO/c12-10-4-1-9(2-5-10)3-6-11(13)7-8-14/h1-2,4-5,11,14H,7-8,13H2/t11-/m0/s1. The van der Waals surface area contributed by atoms with Crippen LogP contribution in [0.2, 0.25) is 0 Å². The van der Waals surface area contributed by atoms with Crippen molar-refractivity contribution in [2.45, 2.75) is 12.5 Å². The van der Waals surface area contributed by atoms with Gasteiger partial charge in [-0.25, -0.2) is 0 Å². The van der Waals surface area contributed by atoms with Crippen molar-refractivity contribution < 1.29 is 5.11 Å². The van der Waals surface area contributed by atoms with Crippen LogP contribution in [0.25, 0.3) is 0 Å². The third-order valence-electron chi connectivity index (χ3n) is 1.69. The minimum absolute atomic E-state index is 0.0795. The SMILES string of the molecule is N[C@@H](C#Cc1ccc(Br)cc1)CCO. The fraction of sp³-hybridized carbons (Fsp3) is 0.273. The highest BCUT2D eigenvalue weighted by molar-refractivity contribution is 9.10. The second-order valence-corrected chi connectivity index (χ2v) is 3.81. The van der Waals surface area contributed by atoms with Gasteiger partial charge in [0.2, 0.25) is 0 Å². The van der Waals surface area contributed by atoms with Gasteiger partial charge in [0.25, 0.3) is 0 Å². The van der Waals surface area contributed by atoms with Gasteiger partial charge in [-0.15, -0.1) is 0 Å². The van der Waals surface area contributed by atoms with Crippen LogP contribution in [-0.4, -0.2) is 17.8 Å². The zero-order valence-electron chi connectivity index (χ0n) is 7.70. The zero-order valence-corrected chi connectivity index (χ0v) is 9.29. The molecule has 74 valence electrons. The monoisotopic (exact) mass is 253 g/mol. The second kappa shape index (κ2) is 5.82. The normalized spacial score (nSPS) is 11.6. The summed E-state index contributed by atoms with van der Waals surface area (Å²) in [5.74, 6) is 5.82. The van der Waals surface area contributed by atoms with Crippen molar-refractivity contribution in [1.29, 1.82) is 0 Å². The highest BCUT2D eigenvalue weighted by atomic mass is 79.9. The first kappa shape index (κ1) is 11.3. The summed E-state index contributed by atoms with van der Waals surface area (Å²) >= 11 is 3.34. The van der Waals surface area contributed by atoms with E-state index in [9.17, 15) is 0 Å². The summed E-state index contributed by atoms with van der Waals surface area (Å²) in [5.41, 5.74) is 6.55. The van der Waals surface area contributed by atoms with Crippen molar-refractivity contribution in [3.05, 3.63) is 34.3 Å². The number of halogens is 1. The average molecular weight is 254 g/mol. The number of nitrogens with two attached hydrogens (primary N) is 1. The molecule has 1 atom stereocenters. The van der Waals surface area contributed by atoms with Gasteiger partial charge in [0.1, 0.15) is 0 Å². The average Bonchev–Trinajstić information content (AvgIpc) is 2.17. The molecular formula is C11H12BrNO. The fourth-order valence-electron chi connectivity index (χ4n) is 0.921. The highest BCUT2D eigenvalue weighted by Crippen LogP contribution is 2.09. The molecule has 0 bridgehead atoms. The number of hydrogen-bond acceptors (Lipinski definition) is 2. The highest BCUT2D eigenvalue weighted by Gasteiger charge is 1.94. The molecule has 14 heavy (non-hydrogen) atoms. The lowest BCUT2D eigenvalue weighted by molar-refractivity contribution is 0.284. The molecule has 1 aromatic carbocycles. The molecule has 0 saturated heterocycles. The van der Waals surface area contributed by atoms with E-state index in [0.29, 0.717) is 6.42 Å². The van der Waals surface area contributed by atoms with Crippen molar-refractivity contribution in [2.24, 2.45) is 5.73 Å². The van der Waals surface area contributed by atoms with E-state index in [-0.39, 0.29) is 12.6 Å². The maximum absolute atomic E-state index is 8.62. The molecule has 0 saturated carbocycles. The predicted octanol–water partition coefficient (Wildman–Crippen LogP) is 1.51. The lowest BCUT2D eigenvalue weighted by Gasteiger charge is -1.98. The molecule has 0 fully saturated rings. The Bertz CT molecular complexity index is 337. The molecule has 0 unspecified atom stereocenters. The molecule has 2 nitrogen and oxygen atoms in total. The quantitative estimate of drug-likeness (QED) is 0.786. The largest absolute Gasteiger partial charge is 0.396 e. The Morgan fingerprint density at radius 2 is 2.00 bits per heavy atom. The van der Waals surface area contributed by atoms with Crippen molar-refractivity contribution in [2.75, 3.05) is 6.61 Å². The van der Waals surface area contributed by atoms with Gasteiger partial charge < -0.3 is 10.8 Å². The van der Waals surface area contributed by atoms with Crippen LogP contribution >= 0.6 is 15.9 Å². The minimum atomic E-state index is -0.247. The van der Waals surface area contributed by atoms with Crippen LogP contribution in [0.5, 0.6) is 0 Å². The Morgan fingerprint density at radius 3 is 2.57 bits per heavy atom. The van der Waals surface area contributed by atoms with E-state index in [1.165, 1.54) is 0 Å². The third kappa shape index (κ3) is 3.93. The summed E-state index contributed by atoms with van der Waals surface area (Å²) in [6.45, 7) is 0.0795. The maximum Gasteiger partial charge on any atom is 0.0690 e. The van der Waals surface area contributed by atoms with Crippen LogP contribution in [-0.2, 0) is 0 Å². The molecule has 0 aliphatic rings. The fourth-order valence-corrected chi connectivity index (χ4v) is 1.18. The van der Waals surface area contributed by atoms with E-state index in [2.05, 4.69) is 27.8 Å². The molecular weight excluding hydrogens is 242 g/mol. The molecule has 0 amide bonds. The van der Waals surface area contributed by atoms with Crippen molar-refractivity contribution in [1.82, 2.24) is 0 Å². The van der Waals surface area contributed by atoms with Gasteiger partial charge in [0, 0.05) is 16.6 Å². The van der Waals surface area contributed by atoms with Crippen molar-refractivity contribution in [3.8, 4) is 11.8 Å². The molecule has 1 rings (SSSR count). The first-order chi connectivity index (χ1) is 6.72. The van der Waals surface area contributed by atoms with E-state index >= 15 is 0 Å². The molecule has 0 aliphatic heterocycles. The van der Waals surface area contributed by atoms with Crippen molar-refractivity contribution >= 4 is 15.9 Å². The summed E-state index contributed by atoms with van der Waals surface area (Å²) in [4.78, 5) is 0. The Kier molecular flexibility index (Phi) is 4.68. The summed E-state index contributed by atoms with van der Waals surface area (Å²) in [7, 11) is 0. The Labute approximate surface area is 92.3 Å². The summed E-state index contributed by atoms with van der Waals surface area (Å²) in [6, 6.07) is 7.46. The zero-order chi connectivity index (χ0) is 10.4. The smallest absolute Gasteiger partial charge is 0.0690 e. The van der Waals surface area contributed by atoms with Gasteiger partial charge in [0.15, 0.2) is 0 Å². The van der Waals surface area contributed by atoms with E-state index in [0.717, 1.165) is 10.0 Å². The molecule has 3 heteroatoms. The third-order valence-corrected chi connectivity index (χ3v) is 2.21. The van der Waals surface area contributed by atoms with E-state index in [4.69, 9.17) is 10.8 Å². The number of aliphatic hydroxyl groups is 1. The van der Waals surface area contributed by atoms with Gasteiger partial charge in [-0.2, -0.15) is 0 Å². The Morgan fingerprint density at radius 1 is 1.36 bits per heavy atom. The number of rotatable bonds is 2. The molecule has 0 aliphatic carbocycles. The van der Waals surface area contributed by atoms with E-state index in [1.54, 1.807) is 0 Å². The minimum Gasteiger partial charge on any atom is -0.396 e. The van der Waals surface area contributed by atoms with E-state index < -0.39 is 0 Å². The van der Waals surface area contributed by atoms with Gasteiger partial charge in [0.05, 0.1) is 6.04 Å². The molecule has 0 spiro atoms. The van der Waals surface area contributed by atoms with Crippen LogP contribution in [0.4, 0.5) is 0 Å². The van der Waals surface area contributed by atoms with Crippen LogP contribution in [0.1, 0.15) is 12.0 Å². The lowest BCUT2D eigenvalue weighted by Crippen LogP contribution is -2.18. The molecule has 0 heterocycles. The number of hydrogen-bond donors (Lipinski definition) is 2. The molecule has 0 aromatic heterocycles. The first-order valence-electron chi connectivity index (χ1n) is 4.36. The Hall–Kier alpha value is -0.820. The van der Waals surface area contributed by atoms with Crippen LogP contribution in [0, 0.1) is 11.8 Å². The van der Waals surface area contributed by atoms with Crippen LogP contribution < -0.4 is 5.73 Å². The van der Waals surface area contributed by atoms with Crippen LogP contribution in [0.15, 0.2) is 28.7 Å². The molecule has 0 radical (unpaired) electrons. The maximum atomic E-state index is 8.62. The Balaban J connectivity index is 2.63. The number of aliphatic hydroxyl groups excluding tert-OH is 1. The summed E-state index contributed by atoms with van der Waals surface area (Å²) in [6.07, 6.45) is 0.517. The predicted molar refractivity (Wildman–Crippen MR) is 60.7 cm³/mol.